The zero-order chi connectivity index (χ0) is 7.11. The Morgan fingerprint density at radius 1 is 1.67 bits per heavy atom. The number of carbonyl (C=O) groups is 1. The zero-order valence-corrected chi connectivity index (χ0v) is 6.06. The minimum Gasteiger partial charge on any atom is -0.464 e. The van der Waals surface area contributed by atoms with Crippen molar-refractivity contribution >= 4 is 18.6 Å². The van der Waals surface area contributed by atoms with Crippen LogP contribution < -0.4 is 5.73 Å². The fourth-order valence-corrected chi connectivity index (χ4v) is 0.519. The lowest BCUT2D eigenvalue weighted by Gasteiger charge is -1.98. The third kappa shape index (κ3) is 5.65. The molecule has 0 heterocycles. The number of rotatable bonds is 4. The second-order valence-corrected chi connectivity index (χ2v) is 1.93. The van der Waals surface area contributed by atoms with Crippen molar-refractivity contribution in [2.45, 2.75) is 6.42 Å². The molecule has 0 amide bonds. The predicted molar refractivity (Wildman–Crippen MR) is 38.5 cm³/mol. The molecule has 0 aliphatic carbocycles. The van der Waals surface area contributed by atoms with Gasteiger partial charge in [0.25, 0.3) is 0 Å². The molecule has 0 spiro atoms. The first-order valence-corrected chi connectivity index (χ1v) is 3.41. The van der Waals surface area contributed by atoms with Gasteiger partial charge in [0.15, 0.2) is 0 Å². The summed E-state index contributed by atoms with van der Waals surface area (Å²) in [6.07, 6.45) is 0.364. The van der Waals surface area contributed by atoms with Crippen LogP contribution in [0, 0.1) is 0 Å². The maximum atomic E-state index is 10.5. The Bertz CT molecular complexity index is 87.0. The molecule has 0 aromatic rings. The van der Waals surface area contributed by atoms with E-state index in [9.17, 15) is 4.79 Å². The molecular weight excluding hydrogens is 138 g/mol. The van der Waals surface area contributed by atoms with Crippen molar-refractivity contribution in [2.24, 2.45) is 5.73 Å². The van der Waals surface area contributed by atoms with Crippen LogP contribution in [0.1, 0.15) is 6.42 Å². The molecule has 0 bridgehead atoms. The first-order chi connectivity index (χ1) is 4.31. The van der Waals surface area contributed by atoms with Crippen LogP contribution in [0.15, 0.2) is 0 Å². The molecule has 0 aromatic carbocycles. The smallest absolute Gasteiger partial charge is 0.306 e. The number of thiol groups is 1. The van der Waals surface area contributed by atoms with E-state index in [-0.39, 0.29) is 5.97 Å². The van der Waals surface area contributed by atoms with Crippen molar-refractivity contribution in [1.29, 1.82) is 0 Å². The first kappa shape index (κ1) is 8.78. The van der Waals surface area contributed by atoms with Gasteiger partial charge in [0.2, 0.25) is 0 Å². The highest BCUT2D eigenvalue weighted by Crippen LogP contribution is 1.87. The van der Waals surface area contributed by atoms with E-state index in [0.717, 1.165) is 0 Å². The Labute approximate surface area is 60.0 Å². The molecule has 0 atom stereocenters. The fourth-order valence-electron chi connectivity index (χ4n) is 0.336. The average Bonchev–Trinajstić information content (AvgIpc) is 1.85. The first-order valence-electron chi connectivity index (χ1n) is 2.77. The third-order valence-corrected chi connectivity index (χ3v) is 0.920. The SMILES string of the molecule is NCCOC(=O)CCS. The Balaban J connectivity index is 3.06. The Kier molecular flexibility index (Phi) is 5.76. The summed E-state index contributed by atoms with van der Waals surface area (Å²) in [5, 5.41) is 0. The largest absolute Gasteiger partial charge is 0.464 e. The molecule has 3 nitrogen and oxygen atoms in total. The van der Waals surface area contributed by atoms with Gasteiger partial charge in [0.05, 0.1) is 6.42 Å². The second kappa shape index (κ2) is 5.91. The van der Waals surface area contributed by atoms with Gasteiger partial charge in [0, 0.05) is 12.3 Å². The molecule has 0 saturated heterocycles. The van der Waals surface area contributed by atoms with E-state index in [1.54, 1.807) is 0 Å². The Morgan fingerprint density at radius 2 is 2.33 bits per heavy atom. The highest BCUT2D eigenvalue weighted by Gasteiger charge is 1.97. The quantitative estimate of drug-likeness (QED) is 0.430. The van der Waals surface area contributed by atoms with Gasteiger partial charge in [-0.25, -0.2) is 0 Å². The van der Waals surface area contributed by atoms with E-state index in [2.05, 4.69) is 17.4 Å². The van der Waals surface area contributed by atoms with Gasteiger partial charge in [-0.2, -0.15) is 12.6 Å². The number of hydrogen-bond acceptors (Lipinski definition) is 4. The van der Waals surface area contributed by atoms with E-state index >= 15 is 0 Å². The molecule has 4 heteroatoms. The van der Waals surface area contributed by atoms with Crippen molar-refractivity contribution in [3.05, 3.63) is 0 Å². The van der Waals surface area contributed by atoms with Crippen LogP contribution in [-0.4, -0.2) is 24.9 Å². The summed E-state index contributed by atoms with van der Waals surface area (Å²) < 4.78 is 4.62. The van der Waals surface area contributed by atoms with E-state index in [1.165, 1.54) is 0 Å². The van der Waals surface area contributed by atoms with E-state index in [0.29, 0.717) is 25.3 Å². The minimum absolute atomic E-state index is 0.226. The van der Waals surface area contributed by atoms with Crippen LogP contribution in [0.25, 0.3) is 0 Å². The molecule has 9 heavy (non-hydrogen) atoms. The summed E-state index contributed by atoms with van der Waals surface area (Å²) in [7, 11) is 0. The number of hydrogen-bond donors (Lipinski definition) is 2. The zero-order valence-electron chi connectivity index (χ0n) is 5.17. The lowest BCUT2D eigenvalue weighted by Crippen LogP contribution is -2.13. The van der Waals surface area contributed by atoms with Crippen molar-refractivity contribution in [2.75, 3.05) is 18.9 Å². The number of esters is 1. The summed E-state index contributed by atoms with van der Waals surface area (Å²) in [5.74, 6) is 0.305. The Hall–Kier alpha value is -0.220. The third-order valence-electron chi connectivity index (χ3n) is 0.697. The summed E-state index contributed by atoms with van der Waals surface area (Å²) >= 11 is 3.85. The standard InChI is InChI=1S/C5H11NO2S/c6-2-3-8-5(7)1-4-9/h9H,1-4,6H2. The van der Waals surface area contributed by atoms with Crippen molar-refractivity contribution in [3.63, 3.8) is 0 Å². The van der Waals surface area contributed by atoms with E-state index < -0.39 is 0 Å². The van der Waals surface area contributed by atoms with Crippen LogP contribution >= 0.6 is 12.6 Å². The van der Waals surface area contributed by atoms with Gasteiger partial charge < -0.3 is 10.5 Å². The van der Waals surface area contributed by atoms with Gasteiger partial charge in [-0.05, 0) is 0 Å². The summed E-state index contributed by atoms with van der Waals surface area (Å²) in [6, 6.07) is 0. The topological polar surface area (TPSA) is 52.3 Å². The lowest BCUT2D eigenvalue weighted by atomic mass is 10.5. The molecular formula is C5H11NO2S. The monoisotopic (exact) mass is 149 g/mol. The van der Waals surface area contributed by atoms with Crippen molar-refractivity contribution in [3.8, 4) is 0 Å². The van der Waals surface area contributed by atoms with Crippen LogP contribution in [0.4, 0.5) is 0 Å². The van der Waals surface area contributed by atoms with Crippen LogP contribution in [0.5, 0.6) is 0 Å². The average molecular weight is 149 g/mol. The molecule has 0 unspecified atom stereocenters. The predicted octanol–water partition coefficient (Wildman–Crippen LogP) is -0.192. The lowest BCUT2D eigenvalue weighted by molar-refractivity contribution is -0.142. The number of carbonyl (C=O) groups excluding carboxylic acids is 1. The normalized spacial score (nSPS) is 9.11. The molecule has 0 fully saturated rings. The summed E-state index contributed by atoms with van der Waals surface area (Å²) in [4.78, 5) is 10.5. The van der Waals surface area contributed by atoms with Crippen LogP contribution in [-0.2, 0) is 9.53 Å². The molecule has 0 aromatic heterocycles. The second-order valence-electron chi connectivity index (χ2n) is 1.48. The maximum absolute atomic E-state index is 10.5. The molecule has 2 N–H and O–H groups in total. The van der Waals surface area contributed by atoms with Gasteiger partial charge in [0.1, 0.15) is 6.61 Å². The number of nitrogens with two attached hydrogens (primary N) is 1. The molecule has 0 radical (unpaired) electrons. The van der Waals surface area contributed by atoms with Gasteiger partial charge in [-0.1, -0.05) is 0 Å². The van der Waals surface area contributed by atoms with E-state index in [1.807, 2.05) is 0 Å². The van der Waals surface area contributed by atoms with Crippen molar-refractivity contribution < 1.29 is 9.53 Å². The molecule has 0 rings (SSSR count). The van der Waals surface area contributed by atoms with Gasteiger partial charge in [-0.3, -0.25) is 4.79 Å². The number of ether oxygens (including phenoxy) is 1. The highest BCUT2D eigenvalue weighted by molar-refractivity contribution is 7.80. The van der Waals surface area contributed by atoms with Crippen LogP contribution in [0.3, 0.4) is 0 Å². The Morgan fingerprint density at radius 3 is 2.78 bits per heavy atom. The minimum atomic E-state index is -0.226. The van der Waals surface area contributed by atoms with Gasteiger partial charge >= 0.3 is 5.97 Å². The highest BCUT2D eigenvalue weighted by atomic mass is 32.1. The molecule has 0 aliphatic heterocycles. The van der Waals surface area contributed by atoms with Crippen LogP contribution in [0.2, 0.25) is 0 Å². The molecule has 0 saturated carbocycles. The molecule has 0 aliphatic rings. The fraction of sp³-hybridized carbons (Fsp3) is 0.800. The van der Waals surface area contributed by atoms with E-state index in [4.69, 9.17) is 5.73 Å². The van der Waals surface area contributed by atoms with Gasteiger partial charge in [-0.15, -0.1) is 0 Å². The summed E-state index contributed by atoms with van der Waals surface area (Å²) in [6.45, 7) is 0.699. The van der Waals surface area contributed by atoms with Crippen molar-refractivity contribution in [1.82, 2.24) is 0 Å². The maximum Gasteiger partial charge on any atom is 0.306 e. The molecule has 54 valence electrons. The summed E-state index contributed by atoms with van der Waals surface area (Å²) in [5.41, 5.74) is 5.08.